The Balaban J connectivity index is 1.55. The standard InChI is InChI=1S/C20H26N2O/c1-13-9-15-3-2-4-16-11-22(20(23)17(10-13)19(15)16)18-12-21-7-5-14(18)6-8-21/h9-10,14,16,18H,2-8,11-12H2,1H3/t16-,18?/m0/s1. The highest BCUT2D eigenvalue weighted by Crippen LogP contribution is 2.42. The van der Waals surface area contributed by atoms with Gasteiger partial charge >= 0.3 is 0 Å². The van der Waals surface area contributed by atoms with Gasteiger partial charge in [0.15, 0.2) is 0 Å². The van der Waals surface area contributed by atoms with Gasteiger partial charge < -0.3 is 9.80 Å². The van der Waals surface area contributed by atoms with Crippen LogP contribution in [0.3, 0.4) is 0 Å². The van der Waals surface area contributed by atoms with Gasteiger partial charge in [-0.1, -0.05) is 11.6 Å². The monoisotopic (exact) mass is 310 g/mol. The van der Waals surface area contributed by atoms with E-state index >= 15 is 0 Å². The summed E-state index contributed by atoms with van der Waals surface area (Å²) in [5, 5.41) is 0. The predicted octanol–water partition coefficient (Wildman–Crippen LogP) is 2.96. The summed E-state index contributed by atoms with van der Waals surface area (Å²) in [6, 6.07) is 4.94. The highest BCUT2D eigenvalue weighted by Gasteiger charge is 2.43. The Hall–Kier alpha value is -1.35. The second kappa shape index (κ2) is 5.07. The van der Waals surface area contributed by atoms with E-state index in [-0.39, 0.29) is 0 Å². The molecule has 0 spiro atoms. The summed E-state index contributed by atoms with van der Waals surface area (Å²) in [6.45, 7) is 6.70. The molecule has 3 nitrogen and oxygen atoms in total. The fourth-order valence-corrected chi connectivity index (χ4v) is 5.65. The molecule has 1 amide bonds. The number of fused-ring (bicyclic) bond motifs is 3. The van der Waals surface area contributed by atoms with Crippen molar-refractivity contribution in [3.63, 3.8) is 0 Å². The molecule has 3 heteroatoms. The Morgan fingerprint density at radius 1 is 1.09 bits per heavy atom. The van der Waals surface area contributed by atoms with Crippen LogP contribution in [0.5, 0.6) is 0 Å². The van der Waals surface area contributed by atoms with Gasteiger partial charge in [0, 0.05) is 30.6 Å². The van der Waals surface area contributed by atoms with E-state index in [0.29, 0.717) is 17.9 Å². The van der Waals surface area contributed by atoms with Crippen molar-refractivity contribution < 1.29 is 4.79 Å². The molecular weight excluding hydrogens is 284 g/mol. The van der Waals surface area contributed by atoms with Gasteiger partial charge in [-0.15, -0.1) is 0 Å². The minimum Gasteiger partial charge on any atom is -0.333 e. The SMILES string of the molecule is Cc1cc2c3c(c1)C(=O)N(C1CN4CCC1CC4)C[C@@H]3CCC2. The van der Waals surface area contributed by atoms with E-state index in [4.69, 9.17) is 0 Å². The molecule has 0 aromatic heterocycles. The molecule has 1 unspecified atom stereocenters. The van der Waals surface area contributed by atoms with Crippen LogP contribution in [-0.4, -0.2) is 47.9 Å². The van der Waals surface area contributed by atoms with Crippen LogP contribution in [0.15, 0.2) is 12.1 Å². The number of amides is 1. The van der Waals surface area contributed by atoms with Crippen molar-refractivity contribution in [2.75, 3.05) is 26.2 Å². The average Bonchev–Trinajstić information content (AvgIpc) is 2.58. The molecule has 1 aliphatic carbocycles. The maximum atomic E-state index is 13.3. The summed E-state index contributed by atoms with van der Waals surface area (Å²) in [6.07, 6.45) is 6.26. The largest absolute Gasteiger partial charge is 0.333 e. The minimum absolute atomic E-state index is 0.321. The van der Waals surface area contributed by atoms with E-state index in [0.717, 1.165) is 31.0 Å². The Morgan fingerprint density at radius 3 is 2.65 bits per heavy atom. The van der Waals surface area contributed by atoms with Gasteiger partial charge in [-0.25, -0.2) is 0 Å². The van der Waals surface area contributed by atoms with Crippen LogP contribution in [0.2, 0.25) is 0 Å². The van der Waals surface area contributed by atoms with E-state index in [1.807, 2.05) is 0 Å². The summed E-state index contributed by atoms with van der Waals surface area (Å²) in [5.41, 5.74) is 5.15. The molecule has 0 radical (unpaired) electrons. The lowest BCUT2D eigenvalue weighted by atomic mass is 9.75. The zero-order chi connectivity index (χ0) is 15.6. The maximum Gasteiger partial charge on any atom is 0.254 e. The molecule has 23 heavy (non-hydrogen) atoms. The molecule has 2 atom stereocenters. The first-order valence-electron chi connectivity index (χ1n) is 9.37. The molecule has 4 heterocycles. The number of nitrogens with zero attached hydrogens (tertiary/aromatic N) is 2. The van der Waals surface area contributed by atoms with Crippen LogP contribution >= 0.6 is 0 Å². The molecule has 4 aliphatic heterocycles. The van der Waals surface area contributed by atoms with Crippen LogP contribution < -0.4 is 0 Å². The number of hydrogen-bond acceptors (Lipinski definition) is 2. The zero-order valence-corrected chi connectivity index (χ0v) is 14.1. The normalized spacial score (nSPS) is 35.3. The number of hydrogen-bond donors (Lipinski definition) is 0. The van der Waals surface area contributed by atoms with Crippen LogP contribution in [-0.2, 0) is 6.42 Å². The van der Waals surface area contributed by atoms with Gasteiger partial charge in [0.2, 0.25) is 0 Å². The van der Waals surface area contributed by atoms with E-state index in [1.165, 1.54) is 55.5 Å². The minimum atomic E-state index is 0.321. The van der Waals surface area contributed by atoms with Crippen molar-refractivity contribution in [2.24, 2.45) is 5.92 Å². The highest BCUT2D eigenvalue weighted by atomic mass is 16.2. The molecule has 2 bridgehead atoms. The third kappa shape index (κ3) is 2.09. The van der Waals surface area contributed by atoms with Crippen molar-refractivity contribution in [3.8, 4) is 0 Å². The smallest absolute Gasteiger partial charge is 0.254 e. The first-order chi connectivity index (χ1) is 11.2. The Labute approximate surface area is 138 Å². The van der Waals surface area contributed by atoms with Gasteiger partial charge in [0.05, 0.1) is 0 Å². The Kier molecular flexibility index (Phi) is 3.09. The number of benzene rings is 1. The maximum absolute atomic E-state index is 13.3. The van der Waals surface area contributed by atoms with Crippen LogP contribution in [0.1, 0.15) is 58.6 Å². The van der Waals surface area contributed by atoms with Crippen LogP contribution in [0.4, 0.5) is 0 Å². The number of aryl methyl sites for hydroxylation is 2. The third-order valence-corrected chi connectivity index (χ3v) is 6.75. The summed E-state index contributed by atoms with van der Waals surface area (Å²) < 4.78 is 0. The molecule has 1 aromatic carbocycles. The second-order valence-electron chi connectivity index (χ2n) is 8.14. The average molecular weight is 310 g/mol. The van der Waals surface area contributed by atoms with E-state index in [2.05, 4.69) is 28.9 Å². The van der Waals surface area contributed by atoms with Crippen molar-refractivity contribution in [1.82, 2.24) is 9.80 Å². The molecule has 6 rings (SSSR count). The fraction of sp³-hybridized carbons (Fsp3) is 0.650. The van der Waals surface area contributed by atoms with Crippen LogP contribution in [0.25, 0.3) is 0 Å². The lowest BCUT2D eigenvalue weighted by Crippen LogP contribution is -2.60. The molecule has 3 saturated heterocycles. The van der Waals surface area contributed by atoms with Gasteiger partial charge in [0.25, 0.3) is 5.91 Å². The Morgan fingerprint density at radius 2 is 1.91 bits per heavy atom. The van der Waals surface area contributed by atoms with Crippen molar-refractivity contribution in [2.45, 2.75) is 51.0 Å². The molecule has 0 saturated carbocycles. The first kappa shape index (κ1) is 14.0. The lowest BCUT2D eigenvalue weighted by molar-refractivity contribution is 0.00257. The summed E-state index contributed by atoms with van der Waals surface area (Å²) in [5.74, 6) is 1.64. The van der Waals surface area contributed by atoms with Gasteiger partial charge in [-0.05, 0) is 75.2 Å². The molecule has 0 N–H and O–H groups in total. The van der Waals surface area contributed by atoms with Gasteiger partial charge in [0.1, 0.15) is 0 Å². The first-order valence-corrected chi connectivity index (χ1v) is 9.37. The topological polar surface area (TPSA) is 23.6 Å². The summed E-state index contributed by atoms with van der Waals surface area (Å²) >= 11 is 0. The van der Waals surface area contributed by atoms with Crippen LogP contribution in [0, 0.1) is 12.8 Å². The molecule has 122 valence electrons. The van der Waals surface area contributed by atoms with Gasteiger partial charge in [-0.3, -0.25) is 4.79 Å². The number of carbonyl (C=O) groups is 1. The number of rotatable bonds is 1. The van der Waals surface area contributed by atoms with E-state index in [1.54, 1.807) is 0 Å². The van der Waals surface area contributed by atoms with Crippen molar-refractivity contribution in [3.05, 3.63) is 34.4 Å². The highest BCUT2D eigenvalue weighted by molar-refractivity contribution is 5.98. The third-order valence-electron chi connectivity index (χ3n) is 6.75. The molecule has 5 aliphatic rings. The quantitative estimate of drug-likeness (QED) is 0.796. The summed E-state index contributed by atoms with van der Waals surface area (Å²) in [4.78, 5) is 18.1. The lowest BCUT2D eigenvalue weighted by Gasteiger charge is -2.51. The van der Waals surface area contributed by atoms with E-state index in [9.17, 15) is 4.79 Å². The van der Waals surface area contributed by atoms with Gasteiger partial charge in [-0.2, -0.15) is 0 Å². The Bertz CT molecular complexity index is 660. The zero-order valence-electron chi connectivity index (χ0n) is 14.1. The molecule has 1 aromatic rings. The fourth-order valence-electron chi connectivity index (χ4n) is 5.65. The molecular formula is C20H26N2O. The number of carbonyl (C=O) groups excluding carboxylic acids is 1. The second-order valence-corrected chi connectivity index (χ2v) is 8.14. The molecule has 3 fully saturated rings. The number of piperidine rings is 3. The van der Waals surface area contributed by atoms with E-state index < -0.39 is 0 Å². The van der Waals surface area contributed by atoms with Crippen molar-refractivity contribution in [1.29, 1.82) is 0 Å². The van der Waals surface area contributed by atoms with Crippen molar-refractivity contribution >= 4 is 5.91 Å². The predicted molar refractivity (Wildman–Crippen MR) is 90.8 cm³/mol. The summed E-state index contributed by atoms with van der Waals surface area (Å²) in [7, 11) is 0.